The highest BCUT2D eigenvalue weighted by molar-refractivity contribution is 9.10. The average Bonchev–Trinajstić information content (AvgIpc) is 2.76. The maximum atomic E-state index is 13.7. The maximum Gasteiger partial charge on any atom is 0.137 e. The van der Waals surface area contributed by atoms with E-state index in [4.69, 9.17) is 0 Å². The lowest BCUT2D eigenvalue weighted by atomic mass is 10.0. The number of rotatable bonds is 4. The number of nitrogens with one attached hydrogen (secondary N) is 1. The normalized spacial score (nSPS) is 12.7. The zero-order valence-electron chi connectivity index (χ0n) is 10.3. The van der Waals surface area contributed by atoms with Crippen LogP contribution in [0.4, 0.5) is 4.39 Å². The first kappa shape index (κ1) is 13.7. The molecule has 96 valence electrons. The first-order valence-corrected chi connectivity index (χ1v) is 7.53. The summed E-state index contributed by atoms with van der Waals surface area (Å²) >= 11 is 4.89. The Labute approximate surface area is 119 Å². The molecule has 0 fully saturated rings. The predicted octanol–water partition coefficient (Wildman–Crippen LogP) is 4.66. The van der Waals surface area contributed by atoms with Crippen LogP contribution in [-0.4, -0.2) is 6.54 Å². The van der Waals surface area contributed by atoms with E-state index in [9.17, 15) is 4.39 Å². The lowest BCUT2D eigenvalue weighted by Gasteiger charge is -2.18. The largest absolute Gasteiger partial charge is 0.306 e. The fourth-order valence-electron chi connectivity index (χ4n) is 1.94. The summed E-state index contributed by atoms with van der Waals surface area (Å²) in [7, 11) is 0. The molecule has 2 aromatic rings. The van der Waals surface area contributed by atoms with Crippen molar-refractivity contribution >= 4 is 27.3 Å². The van der Waals surface area contributed by atoms with Gasteiger partial charge in [0, 0.05) is 4.88 Å². The van der Waals surface area contributed by atoms with Crippen LogP contribution in [0, 0.1) is 12.7 Å². The number of benzene rings is 1. The third kappa shape index (κ3) is 2.82. The van der Waals surface area contributed by atoms with E-state index in [2.05, 4.69) is 46.5 Å². The molecule has 1 heterocycles. The third-order valence-corrected chi connectivity index (χ3v) is 4.58. The van der Waals surface area contributed by atoms with Crippen molar-refractivity contribution in [2.24, 2.45) is 0 Å². The highest BCUT2D eigenvalue weighted by Gasteiger charge is 2.17. The molecule has 0 radical (unpaired) electrons. The molecule has 0 aliphatic heterocycles. The lowest BCUT2D eigenvalue weighted by Crippen LogP contribution is -2.21. The quantitative estimate of drug-likeness (QED) is 0.861. The summed E-state index contributed by atoms with van der Waals surface area (Å²) in [4.78, 5) is 1.25. The Kier molecular flexibility index (Phi) is 4.54. The molecule has 0 aliphatic carbocycles. The van der Waals surface area contributed by atoms with Crippen molar-refractivity contribution < 1.29 is 4.39 Å². The molecule has 1 unspecified atom stereocenters. The highest BCUT2D eigenvalue weighted by Crippen LogP contribution is 2.30. The van der Waals surface area contributed by atoms with Crippen LogP contribution in [0.2, 0.25) is 0 Å². The maximum absolute atomic E-state index is 13.7. The van der Waals surface area contributed by atoms with Gasteiger partial charge < -0.3 is 5.32 Å². The van der Waals surface area contributed by atoms with Gasteiger partial charge in [-0.2, -0.15) is 0 Å². The predicted molar refractivity (Wildman–Crippen MR) is 78.7 cm³/mol. The van der Waals surface area contributed by atoms with Crippen molar-refractivity contribution in [1.29, 1.82) is 0 Å². The van der Waals surface area contributed by atoms with Gasteiger partial charge >= 0.3 is 0 Å². The molecular formula is C14H15BrFNS. The molecule has 4 heteroatoms. The van der Waals surface area contributed by atoms with Crippen molar-refractivity contribution in [2.75, 3.05) is 6.54 Å². The standard InChI is InChI=1S/C14H15BrFNS/c1-3-17-13(14-9(2)6-7-18-14)10-4-5-11(15)12(16)8-10/h4-8,13,17H,3H2,1-2H3. The van der Waals surface area contributed by atoms with Gasteiger partial charge in [-0.1, -0.05) is 13.0 Å². The number of hydrogen-bond donors (Lipinski definition) is 1. The van der Waals surface area contributed by atoms with E-state index in [-0.39, 0.29) is 11.9 Å². The van der Waals surface area contributed by atoms with Crippen molar-refractivity contribution in [1.82, 2.24) is 5.32 Å². The third-order valence-electron chi connectivity index (χ3n) is 2.85. The van der Waals surface area contributed by atoms with E-state index in [1.54, 1.807) is 23.5 Å². The van der Waals surface area contributed by atoms with Crippen LogP contribution in [0.5, 0.6) is 0 Å². The Morgan fingerprint density at radius 2 is 2.17 bits per heavy atom. The number of halogens is 2. The van der Waals surface area contributed by atoms with E-state index in [1.807, 2.05) is 6.07 Å². The SMILES string of the molecule is CCNC(c1ccc(Br)c(F)c1)c1sccc1C. The molecule has 2 rings (SSSR count). The first-order chi connectivity index (χ1) is 8.63. The van der Waals surface area contributed by atoms with E-state index < -0.39 is 0 Å². The molecule has 1 aromatic carbocycles. The summed E-state index contributed by atoms with van der Waals surface area (Å²) in [5, 5.41) is 5.49. The fourth-order valence-corrected chi connectivity index (χ4v) is 3.21. The minimum absolute atomic E-state index is 0.0672. The van der Waals surface area contributed by atoms with E-state index >= 15 is 0 Å². The summed E-state index contributed by atoms with van der Waals surface area (Å²) in [6.07, 6.45) is 0. The molecule has 1 atom stereocenters. The minimum Gasteiger partial charge on any atom is -0.306 e. The Morgan fingerprint density at radius 3 is 2.72 bits per heavy atom. The molecule has 1 nitrogen and oxygen atoms in total. The number of hydrogen-bond acceptors (Lipinski definition) is 2. The summed E-state index contributed by atoms with van der Waals surface area (Å²) in [6, 6.07) is 7.48. The molecular weight excluding hydrogens is 313 g/mol. The van der Waals surface area contributed by atoms with Crippen LogP contribution < -0.4 is 5.32 Å². The second-order valence-corrected chi connectivity index (χ2v) is 5.93. The van der Waals surface area contributed by atoms with Crippen molar-refractivity contribution in [3.8, 4) is 0 Å². The van der Waals surface area contributed by atoms with Crippen LogP contribution in [0.25, 0.3) is 0 Å². The molecule has 1 aromatic heterocycles. The smallest absolute Gasteiger partial charge is 0.137 e. The first-order valence-electron chi connectivity index (χ1n) is 5.85. The van der Waals surface area contributed by atoms with Gasteiger partial charge in [0.1, 0.15) is 5.82 Å². The second kappa shape index (κ2) is 5.95. The van der Waals surface area contributed by atoms with Crippen molar-refractivity contribution in [3.63, 3.8) is 0 Å². The van der Waals surface area contributed by atoms with Crippen LogP contribution in [0.15, 0.2) is 34.1 Å². The van der Waals surface area contributed by atoms with E-state index in [0.717, 1.165) is 12.1 Å². The summed E-state index contributed by atoms with van der Waals surface area (Å²) in [6.45, 7) is 5.00. The number of thiophene rings is 1. The summed E-state index contributed by atoms with van der Waals surface area (Å²) in [5.41, 5.74) is 2.21. The Morgan fingerprint density at radius 1 is 1.39 bits per heavy atom. The minimum atomic E-state index is -0.218. The summed E-state index contributed by atoms with van der Waals surface area (Å²) < 4.78 is 14.2. The van der Waals surface area contributed by atoms with E-state index in [1.165, 1.54) is 10.4 Å². The van der Waals surface area contributed by atoms with Gasteiger partial charge in [0.2, 0.25) is 0 Å². The molecule has 1 N–H and O–H groups in total. The van der Waals surface area contributed by atoms with Gasteiger partial charge in [-0.05, 0) is 64.1 Å². The van der Waals surface area contributed by atoms with Gasteiger partial charge in [0.05, 0.1) is 10.5 Å². The molecule has 0 saturated heterocycles. The van der Waals surface area contributed by atoms with Gasteiger partial charge in [0.25, 0.3) is 0 Å². The van der Waals surface area contributed by atoms with Crippen molar-refractivity contribution in [3.05, 3.63) is 55.9 Å². The lowest BCUT2D eigenvalue weighted by molar-refractivity contribution is 0.601. The Balaban J connectivity index is 2.41. The second-order valence-electron chi connectivity index (χ2n) is 4.13. The van der Waals surface area contributed by atoms with Crippen LogP contribution in [0.1, 0.15) is 29.0 Å². The highest BCUT2D eigenvalue weighted by atomic mass is 79.9. The van der Waals surface area contributed by atoms with E-state index in [0.29, 0.717) is 4.47 Å². The Bertz CT molecular complexity index is 538. The van der Waals surface area contributed by atoms with Crippen molar-refractivity contribution in [2.45, 2.75) is 19.9 Å². The van der Waals surface area contributed by atoms with Gasteiger partial charge in [-0.15, -0.1) is 11.3 Å². The molecule has 0 saturated carbocycles. The zero-order chi connectivity index (χ0) is 13.1. The molecule has 18 heavy (non-hydrogen) atoms. The zero-order valence-corrected chi connectivity index (χ0v) is 12.7. The molecule has 0 spiro atoms. The fraction of sp³-hybridized carbons (Fsp3) is 0.286. The molecule has 0 amide bonds. The van der Waals surface area contributed by atoms with Gasteiger partial charge in [-0.25, -0.2) is 4.39 Å². The Hall–Kier alpha value is -0.710. The monoisotopic (exact) mass is 327 g/mol. The van der Waals surface area contributed by atoms with Crippen LogP contribution in [0.3, 0.4) is 0 Å². The van der Waals surface area contributed by atoms with Gasteiger partial charge in [0.15, 0.2) is 0 Å². The van der Waals surface area contributed by atoms with Crippen LogP contribution >= 0.6 is 27.3 Å². The summed E-state index contributed by atoms with van der Waals surface area (Å²) in [5.74, 6) is -0.218. The van der Waals surface area contributed by atoms with Crippen LogP contribution in [-0.2, 0) is 0 Å². The molecule has 0 aliphatic rings. The average molecular weight is 328 g/mol. The molecule has 0 bridgehead atoms. The topological polar surface area (TPSA) is 12.0 Å². The van der Waals surface area contributed by atoms with Gasteiger partial charge in [-0.3, -0.25) is 0 Å². The number of aryl methyl sites for hydroxylation is 1.